The molecule has 7 nitrogen and oxygen atoms in total. The molecule has 1 aliphatic rings. The fraction of sp³-hybridized carbons (Fsp3) is 0.406. The number of nitrogens with one attached hydrogen (secondary N) is 3. The normalized spacial score (nSPS) is 15.8. The number of aryl methyl sites for hydroxylation is 3. The molecular weight excluding hydrogens is 490 g/mol. The van der Waals surface area contributed by atoms with E-state index in [0.29, 0.717) is 18.5 Å². The highest BCUT2D eigenvalue weighted by molar-refractivity contribution is 6.10. The highest BCUT2D eigenvalue weighted by Crippen LogP contribution is 2.30. The number of amides is 3. The van der Waals surface area contributed by atoms with Crippen LogP contribution in [0.4, 0.5) is 16.2 Å². The maximum absolute atomic E-state index is 13.8. The van der Waals surface area contributed by atoms with Gasteiger partial charge in [-0.05, 0) is 67.6 Å². The van der Waals surface area contributed by atoms with E-state index < -0.39 is 23.4 Å². The number of carboxylic acid groups (broad SMARTS) is 1. The molecule has 0 atom stereocenters. The molecule has 7 heteroatoms. The Bertz CT molecular complexity index is 1350. The number of aliphatic carboxylic acids is 1. The summed E-state index contributed by atoms with van der Waals surface area (Å²) in [5, 5.41) is 20.7. The van der Waals surface area contributed by atoms with Crippen LogP contribution in [0, 0.1) is 20.8 Å². The van der Waals surface area contributed by atoms with Crippen molar-refractivity contribution in [3.63, 3.8) is 0 Å². The summed E-state index contributed by atoms with van der Waals surface area (Å²) in [6.07, 6.45) is 7.49. The molecule has 3 aromatic carbocycles. The van der Waals surface area contributed by atoms with Crippen molar-refractivity contribution in [1.29, 1.82) is 0 Å². The minimum atomic E-state index is -1.34. The number of carboxylic acids is 1. The molecule has 0 bridgehead atoms. The molecule has 4 N–H and O–H groups in total. The Morgan fingerprint density at radius 1 is 0.744 bits per heavy atom. The minimum absolute atomic E-state index is 0.235. The summed E-state index contributed by atoms with van der Waals surface area (Å²) >= 11 is 0. The van der Waals surface area contributed by atoms with Gasteiger partial charge in [0.05, 0.1) is 11.3 Å². The molecule has 4 rings (SSSR count). The van der Waals surface area contributed by atoms with Gasteiger partial charge in [0.25, 0.3) is 5.91 Å². The lowest BCUT2D eigenvalue weighted by Crippen LogP contribution is -2.54. The fourth-order valence-corrected chi connectivity index (χ4v) is 5.72. The minimum Gasteiger partial charge on any atom is -0.480 e. The van der Waals surface area contributed by atoms with Gasteiger partial charge < -0.3 is 21.1 Å². The molecular formula is C32H39N3O4. The lowest BCUT2D eigenvalue weighted by Gasteiger charge is -2.32. The first kappa shape index (κ1) is 28.1. The van der Waals surface area contributed by atoms with Gasteiger partial charge in [0.15, 0.2) is 0 Å². The maximum Gasteiger partial charge on any atom is 0.329 e. The fourth-order valence-electron chi connectivity index (χ4n) is 5.72. The molecule has 0 radical (unpaired) electrons. The molecule has 0 heterocycles. The predicted octanol–water partition coefficient (Wildman–Crippen LogP) is 7.49. The number of rotatable bonds is 5. The van der Waals surface area contributed by atoms with E-state index in [2.05, 4.69) is 16.0 Å². The largest absolute Gasteiger partial charge is 0.480 e. The Morgan fingerprint density at radius 2 is 1.28 bits per heavy atom. The van der Waals surface area contributed by atoms with Crippen LogP contribution in [0.1, 0.15) is 84.8 Å². The maximum atomic E-state index is 13.8. The van der Waals surface area contributed by atoms with Crippen molar-refractivity contribution in [3.8, 4) is 0 Å². The second-order valence-corrected chi connectivity index (χ2v) is 10.9. The Kier molecular flexibility index (Phi) is 8.90. The van der Waals surface area contributed by atoms with Gasteiger partial charge in [0.2, 0.25) is 0 Å². The van der Waals surface area contributed by atoms with Gasteiger partial charge in [-0.25, -0.2) is 9.59 Å². The van der Waals surface area contributed by atoms with Gasteiger partial charge >= 0.3 is 12.0 Å². The summed E-state index contributed by atoms with van der Waals surface area (Å²) in [6.45, 7) is 5.89. The van der Waals surface area contributed by atoms with Crippen LogP contribution < -0.4 is 16.0 Å². The number of hydrogen-bond donors (Lipinski definition) is 4. The summed E-state index contributed by atoms with van der Waals surface area (Å²) < 4.78 is 0. The predicted molar refractivity (Wildman–Crippen MR) is 157 cm³/mol. The molecule has 1 aliphatic carbocycles. The lowest BCUT2D eigenvalue weighted by molar-refractivity contribution is -0.145. The van der Waals surface area contributed by atoms with Gasteiger partial charge in [-0.15, -0.1) is 0 Å². The molecule has 0 aliphatic heterocycles. The first-order valence-corrected chi connectivity index (χ1v) is 13.9. The summed E-state index contributed by atoms with van der Waals surface area (Å²) in [5.74, 6) is -1.51. The van der Waals surface area contributed by atoms with Gasteiger partial charge in [-0.2, -0.15) is 0 Å². The Morgan fingerprint density at radius 3 is 1.85 bits per heavy atom. The van der Waals surface area contributed by atoms with Crippen LogP contribution in [0.2, 0.25) is 0 Å². The third-order valence-electron chi connectivity index (χ3n) is 7.76. The van der Waals surface area contributed by atoms with Crippen molar-refractivity contribution in [2.24, 2.45) is 0 Å². The average molecular weight is 530 g/mol. The number of fused-ring (bicyclic) bond motifs is 1. The number of urea groups is 1. The monoisotopic (exact) mass is 529 g/mol. The van der Waals surface area contributed by atoms with E-state index in [1.807, 2.05) is 57.2 Å². The van der Waals surface area contributed by atoms with Crippen molar-refractivity contribution in [3.05, 3.63) is 70.8 Å². The Hall–Kier alpha value is -3.87. The number of carbonyl (C=O) groups is 3. The highest BCUT2D eigenvalue weighted by Gasteiger charge is 2.39. The first-order valence-electron chi connectivity index (χ1n) is 13.9. The van der Waals surface area contributed by atoms with E-state index >= 15 is 0 Å². The first-order chi connectivity index (χ1) is 18.7. The Labute approximate surface area is 230 Å². The molecule has 3 aromatic rings. The number of carbonyl (C=O) groups excluding carboxylic acids is 2. The van der Waals surface area contributed by atoms with E-state index in [1.54, 1.807) is 12.1 Å². The third-order valence-corrected chi connectivity index (χ3v) is 7.76. The van der Waals surface area contributed by atoms with Gasteiger partial charge in [0, 0.05) is 5.69 Å². The summed E-state index contributed by atoms with van der Waals surface area (Å²) in [4.78, 5) is 39.5. The quantitative estimate of drug-likeness (QED) is 0.275. The van der Waals surface area contributed by atoms with Crippen molar-refractivity contribution in [1.82, 2.24) is 5.32 Å². The molecule has 0 unspecified atom stereocenters. The molecule has 1 saturated carbocycles. The average Bonchev–Trinajstić information content (AvgIpc) is 2.89. The second-order valence-electron chi connectivity index (χ2n) is 10.9. The van der Waals surface area contributed by atoms with Crippen LogP contribution in [-0.2, 0) is 4.79 Å². The van der Waals surface area contributed by atoms with Crippen LogP contribution in [0.5, 0.6) is 0 Å². The van der Waals surface area contributed by atoms with Crippen LogP contribution in [0.15, 0.2) is 48.5 Å². The standard InChI is InChI=1S/C32H39N3O4/c1-21-17-22(2)28(23(3)18-21)34-31(39)33-27-20-25-14-10-9-13-24(25)19-26(27)29(36)35-32(30(37)38)15-11-7-5-4-6-8-12-16-32/h9-10,13-14,17-20H,4-8,11-12,15-16H2,1-3H3,(H,35,36)(H,37,38)(H2,33,34,39). The smallest absolute Gasteiger partial charge is 0.329 e. The Balaban J connectivity index is 1.65. The zero-order valence-corrected chi connectivity index (χ0v) is 23.2. The number of anilines is 2. The highest BCUT2D eigenvalue weighted by atomic mass is 16.4. The molecule has 1 fully saturated rings. The summed E-state index contributed by atoms with van der Waals surface area (Å²) in [5.41, 5.74) is 2.94. The van der Waals surface area contributed by atoms with Crippen LogP contribution in [0.3, 0.4) is 0 Å². The molecule has 0 spiro atoms. The van der Waals surface area contributed by atoms with E-state index in [0.717, 1.165) is 71.7 Å². The molecule has 206 valence electrons. The van der Waals surface area contributed by atoms with E-state index in [4.69, 9.17) is 0 Å². The van der Waals surface area contributed by atoms with Crippen LogP contribution in [-0.4, -0.2) is 28.6 Å². The number of hydrogen-bond acceptors (Lipinski definition) is 3. The SMILES string of the molecule is Cc1cc(C)c(NC(=O)Nc2cc3ccccc3cc2C(=O)NC2(C(=O)O)CCCCCCCCC2)c(C)c1. The molecule has 3 amide bonds. The van der Waals surface area contributed by atoms with Crippen molar-refractivity contribution < 1.29 is 19.5 Å². The zero-order chi connectivity index (χ0) is 28.0. The van der Waals surface area contributed by atoms with Crippen molar-refractivity contribution in [2.75, 3.05) is 10.6 Å². The van der Waals surface area contributed by atoms with E-state index in [9.17, 15) is 19.5 Å². The van der Waals surface area contributed by atoms with Crippen molar-refractivity contribution in [2.45, 2.75) is 84.1 Å². The summed E-state index contributed by atoms with van der Waals surface area (Å²) in [6, 6.07) is 14.6. The number of benzene rings is 3. The second kappa shape index (κ2) is 12.3. The van der Waals surface area contributed by atoms with E-state index in [1.165, 1.54) is 6.42 Å². The van der Waals surface area contributed by atoms with E-state index in [-0.39, 0.29) is 5.56 Å². The van der Waals surface area contributed by atoms with Crippen LogP contribution >= 0.6 is 0 Å². The van der Waals surface area contributed by atoms with Crippen molar-refractivity contribution >= 4 is 40.1 Å². The molecule has 0 saturated heterocycles. The zero-order valence-electron chi connectivity index (χ0n) is 23.2. The van der Waals surface area contributed by atoms with Gasteiger partial charge in [0.1, 0.15) is 5.54 Å². The third kappa shape index (κ3) is 6.77. The van der Waals surface area contributed by atoms with Gasteiger partial charge in [-0.1, -0.05) is 86.9 Å². The van der Waals surface area contributed by atoms with Gasteiger partial charge in [-0.3, -0.25) is 4.79 Å². The van der Waals surface area contributed by atoms with Crippen LogP contribution in [0.25, 0.3) is 10.8 Å². The topological polar surface area (TPSA) is 108 Å². The molecule has 0 aromatic heterocycles. The molecule has 39 heavy (non-hydrogen) atoms. The lowest BCUT2D eigenvalue weighted by atomic mass is 9.84. The summed E-state index contributed by atoms with van der Waals surface area (Å²) in [7, 11) is 0.